The third-order valence-electron chi connectivity index (χ3n) is 3.43. The number of para-hydroxylation sites is 1. The fourth-order valence-corrected chi connectivity index (χ4v) is 2.96. The zero-order chi connectivity index (χ0) is 14.8. The van der Waals surface area contributed by atoms with Gasteiger partial charge in [0.25, 0.3) is 0 Å². The maximum absolute atomic E-state index is 5.86. The van der Waals surface area contributed by atoms with Crippen LogP contribution < -0.4 is 10.5 Å². The highest BCUT2D eigenvalue weighted by Crippen LogP contribution is 2.29. The minimum absolute atomic E-state index is 0.364. The van der Waals surface area contributed by atoms with E-state index in [9.17, 15) is 0 Å². The molecule has 0 spiro atoms. The summed E-state index contributed by atoms with van der Waals surface area (Å²) in [5.41, 5.74) is 8.89. The lowest BCUT2D eigenvalue weighted by atomic mass is 10.1. The average molecular weight is 346 g/mol. The van der Waals surface area contributed by atoms with E-state index in [-0.39, 0.29) is 0 Å². The fourth-order valence-electron chi connectivity index (χ4n) is 2.36. The molecule has 0 aliphatic heterocycles. The summed E-state index contributed by atoms with van der Waals surface area (Å²) in [6.07, 6.45) is 0. The Bertz CT molecular complexity index is 780. The van der Waals surface area contributed by atoms with Crippen molar-refractivity contribution in [1.29, 1.82) is 0 Å². The van der Waals surface area contributed by atoms with Crippen LogP contribution in [0.2, 0.25) is 0 Å². The van der Waals surface area contributed by atoms with E-state index in [4.69, 9.17) is 14.9 Å². The number of hydrogen-bond acceptors (Lipinski definition) is 3. The van der Waals surface area contributed by atoms with Crippen LogP contribution >= 0.6 is 15.9 Å². The Morgan fingerprint density at radius 3 is 2.76 bits per heavy atom. The third kappa shape index (κ3) is 2.82. The molecule has 0 bridgehead atoms. The summed E-state index contributed by atoms with van der Waals surface area (Å²) in [4.78, 5) is 0. The molecule has 2 N–H and O–H groups in total. The summed E-state index contributed by atoms with van der Waals surface area (Å²) in [7, 11) is 0. The van der Waals surface area contributed by atoms with Crippen molar-refractivity contribution in [2.24, 2.45) is 5.73 Å². The van der Waals surface area contributed by atoms with Crippen LogP contribution in [0.4, 0.5) is 0 Å². The second kappa shape index (κ2) is 5.92. The molecule has 4 heteroatoms. The average Bonchev–Trinajstić information content (AvgIpc) is 2.83. The van der Waals surface area contributed by atoms with Crippen molar-refractivity contribution >= 4 is 26.9 Å². The summed E-state index contributed by atoms with van der Waals surface area (Å²) in [5.74, 6) is 1.58. The van der Waals surface area contributed by atoms with Gasteiger partial charge in [-0.1, -0.05) is 24.3 Å². The molecule has 0 unspecified atom stereocenters. The Morgan fingerprint density at radius 1 is 1.19 bits per heavy atom. The zero-order valence-electron chi connectivity index (χ0n) is 11.7. The van der Waals surface area contributed by atoms with Gasteiger partial charge in [0.05, 0.1) is 4.47 Å². The number of benzene rings is 2. The van der Waals surface area contributed by atoms with E-state index >= 15 is 0 Å². The van der Waals surface area contributed by atoms with Crippen LogP contribution in [0.1, 0.15) is 16.9 Å². The molecule has 0 aliphatic carbocycles. The topological polar surface area (TPSA) is 48.4 Å². The van der Waals surface area contributed by atoms with Crippen molar-refractivity contribution < 1.29 is 9.15 Å². The van der Waals surface area contributed by atoms with E-state index in [2.05, 4.69) is 15.9 Å². The van der Waals surface area contributed by atoms with Gasteiger partial charge in [-0.15, -0.1) is 0 Å². The molecule has 2 aromatic carbocycles. The molecular weight excluding hydrogens is 330 g/mol. The van der Waals surface area contributed by atoms with E-state index in [0.717, 1.165) is 32.5 Å². The Kier molecular flexibility index (Phi) is 3.99. The van der Waals surface area contributed by atoms with Crippen LogP contribution in [0.5, 0.6) is 5.75 Å². The van der Waals surface area contributed by atoms with Gasteiger partial charge in [0.1, 0.15) is 23.7 Å². The van der Waals surface area contributed by atoms with E-state index in [1.165, 1.54) is 5.56 Å². The molecular formula is C17H16BrNO2. The third-order valence-corrected chi connectivity index (χ3v) is 4.05. The standard InChI is InChI=1S/C17H16BrNO2/c1-11-6-7-16(14(18)8-11)20-10-17-13(9-19)12-4-2-3-5-15(12)21-17/h2-8H,9-10,19H2,1H3. The molecule has 3 nitrogen and oxygen atoms in total. The smallest absolute Gasteiger partial charge is 0.147 e. The van der Waals surface area contributed by atoms with Crippen molar-refractivity contribution in [3.8, 4) is 5.75 Å². The van der Waals surface area contributed by atoms with Crippen molar-refractivity contribution in [3.63, 3.8) is 0 Å². The summed E-state index contributed by atoms with van der Waals surface area (Å²) in [5, 5.41) is 1.06. The van der Waals surface area contributed by atoms with E-state index < -0.39 is 0 Å². The van der Waals surface area contributed by atoms with Crippen molar-refractivity contribution in [2.45, 2.75) is 20.1 Å². The lowest BCUT2D eigenvalue weighted by Crippen LogP contribution is -2.02. The Hall–Kier alpha value is -1.78. The second-order valence-corrected chi connectivity index (χ2v) is 5.78. The minimum Gasteiger partial charge on any atom is -0.484 e. The molecule has 108 valence electrons. The molecule has 0 amide bonds. The number of aryl methyl sites for hydroxylation is 1. The van der Waals surface area contributed by atoms with Crippen molar-refractivity contribution in [1.82, 2.24) is 0 Å². The summed E-state index contributed by atoms with van der Waals surface area (Å²) < 4.78 is 12.6. The van der Waals surface area contributed by atoms with E-state index in [0.29, 0.717) is 13.2 Å². The normalized spacial score (nSPS) is 11.0. The maximum Gasteiger partial charge on any atom is 0.147 e. The molecule has 0 radical (unpaired) electrons. The largest absolute Gasteiger partial charge is 0.484 e. The lowest BCUT2D eigenvalue weighted by Gasteiger charge is -2.08. The Balaban J connectivity index is 1.88. The Labute approximate surface area is 131 Å². The van der Waals surface area contributed by atoms with Gasteiger partial charge in [-0.2, -0.15) is 0 Å². The number of fused-ring (bicyclic) bond motifs is 1. The first kappa shape index (κ1) is 14.2. The van der Waals surface area contributed by atoms with Gasteiger partial charge in [-0.3, -0.25) is 0 Å². The van der Waals surface area contributed by atoms with Crippen LogP contribution in [0, 0.1) is 6.92 Å². The van der Waals surface area contributed by atoms with Crippen LogP contribution in [-0.4, -0.2) is 0 Å². The van der Waals surface area contributed by atoms with E-state index in [1.807, 2.05) is 49.4 Å². The molecule has 0 saturated heterocycles. The van der Waals surface area contributed by atoms with Gasteiger partial charge in [-0.25, -0.2) is 0 Å². The number of nitrogens with two attached hydrogens (primary N) is 1. The van der Waals surface area contributed by atoms with Gasteiger partial charge in [0.15, 0.2) is 0 Å². The maximum atomic E-state index is 5.86. The van der Waals surface area contributed by atoms with E-state index in [1.54, 1.807) is 0 Å². The molecule has 0 saturated carbocycles. The zero-order valence-corrected chi connectivity index (χ0v) is 13.3. The quantitative estimate of drug-likeness (QED) is 0.754. The predicted molar refractivity (Wildman–Crippen MR) is 87.3 cm³/mol. The van der Waals surface area contributed by atoms with Gasteiger partial charge >= 0.3 is 0 Å². The first-order valence-corrected chi connectivity index (χ1v) is 7.56. The summed E-state index contributed by atoms with van der Waals surface area (Å²) >= 11 is 3.51. The summed E-state index contributed by atoms with van der Waals surface area (Å²) in [6, 6.07) is 13.9. The first-order chi connectivity index (χ1) is 10.2. The molecule has 21 heavy (non-hydrogen) atoms. The van der Waals surface area contributed by atoms with Crippen LogP contribution in [-0.2, 0) is 13.2 Å². The van der Waals surface area contributed by atoms with Gasteiger partial charge in [0.2, 0.25) is 0 Å². The molecule has 3 aromatic rings. The molecule has 0 atom stereocenters. The molecule has 0 fully saturated rings. The second-order valence-electron chi connectivity index (χ2n) is 4.93. The highest BCUT2D eigenvalue weighted by atomic mass is 79.9. The monoisotopic (exact) mass is 345 g/mol. The lowest BCUT2D eigenvalue weighted by molar-refractivity contribution is 0.271. The van der Waals surface area contributed by atoms with Crippen molar-refractivity contribution in [3.05, 3.63) is 63.8 Å². The van der Waals surface area contributed by atoms with Crippen LogP contribution in [0.3, 0.4) is 0 Å². The number of rotatable bonds is 4. The van der Waals surface area contributed by atoms with Gasteiger partial charge in [0, 0.05) is 17.5 Å². The minimum atomic E-state index is 0.364. The SMILES string of the molecule is Cc1ccc(OCc2oc3ccccc3c2CN)c(Br)c1. The molecule has 1 heterocycles. The van der Waals surface area contributed by atoms with Crippen LogP contribution in [0.15, 0.2) is 51.4 Å². The number of ether oxygens (including phenoxy) is 1. The molecule has 1 aromatic heterocycles. The van der Waals surface area contributed by atoms with Gasteiger partial charge in [-0.05, 0) is 46.6 Å². The highest BCUT2D eigenvalue weighted by molar-refractivity contribution is 9.10. The number of hydrogen-bond donors (Lipinski definition) is 1. The Morgan fingerprint density at radius 2 is 2.00 bits per heavy atom. The van der Waals surface area contributed by atoms with Crippen molar-refractivity contribution in [2.75, 3.05) is 0 Å². The number of halogens is 1. The first-order valence-electron chi connectivity index (χ1n) is 6.77. The molecule has 0 aliphatic rings. The van der Waals surface area contributed by atoms with Gasteiger partial charge < -0.3 is 14.9 Å². The molecule has 3 rings (SSSR count). The van der Waals surface area contributed by atoms with Crippen LogP contribution in [0.25, 0.3) is 11.0 Å². The predicted octanol–water partition coefficient (Wildman–Crippen LogP) is 4.54. The highest BCUT2D eigenvalue weighted by Gasteiger charge is 2.13. The number of furan rings is 1. The summed E-state index contributed by atoms with van der Waals surface area (Å²) in [6.45, 7) is 2.84. The fraction of sp³-hybridized carbons (Fsp3) is 0.176.